The fraction of sp³-hybridized carbons (Fsp3) is 0.118. The van der Waals surface area contributed by atoms with E-state index in [9.17, 15) is 18.5 Å². The molecule has 0 atom stereocenters. The second-order valence-corrected chi connectivity index (χ2v) is 8.28. The normalized spacial score (nSPS) is 11.2. The third-order valence-electron chi connectivity index (χ3n) is 3.76. The fourth-order valence-electron chi connectivity index (χ4n) is 2.38. The predicted octanol–water partition coefficient (Wildman–Crippen LogP) is 3.29. The highest BCUT2D eigenvalue weighted by Gasteiger charge is 2.24. The van der Waals surface area contributed by atoms with Gasteiger partial charge in [0.2, 0.25) is 0 Å². The summed E-state index contributed by atoms with van der Waals surface area (Å²) >= 11 is 1.29. The van der Waals surface area contributed by atoms with Gasteiger partial charge in [-0.25, -0.2) is 13.4 Å². The number of benzene rings is 2. The summed E-state index contributed by atoms with van der Waals surface area (Å²) in [6.45, 7) is 0. The summed E-state index contributed by atoms with van der Waals surface area (Å²) in [5.41, 5.74) is -0.0269. The molecule has 11 heteroatoms. The molecule has 9 nitrogen and oxygen atoms in total. The number of imidazole rings is 1. The highest BCUT2D eigenvalue weighted by molar-refractivity contribution is 7.99. The number of nitrogens with one attached hydrogen (secondary N) is 1. The number of para-hydroxylation sites is 1. The monoisotopic (exact) mass is 420 g/mol. The summed E-state index contributed by atoms with van der Waals surface area (Å²) in [5, 5.41) is 11.7. The lowest BCUT2D eigenvalue weighted by Crippen LogP contribution is -2.15. The Labute approximate surface area is 165 Å². The minimum Gasteiger partial charge on any atom is -0.495 e. The summed E-state index contributed by atoms with van der Waals surface area (Å²) < 4.78 is 35.2. The van der Waals surface area contributed by atoms with Crippen molar-refractivity contribution in [2.24, 2.45) is 7.05 Å². The van der Waals surface area contributed by atoms with Crippen LogP contribution in [0.15, 0.2) is 69.8 Å². The number of aryl methyl sites for hydroxylation is 1. The molecule has 0 unspecified atom stereocenters. The van der Waals surface area contributed by atoms with Crippen LogP contribution in [-0.2, 0) is 17.1 Å². The third-order valence-corrected chi connectivity index (χ3v) is 6.30. The molecule has 0 aliphatic carbocycles. The number of methoxy groups -OCH3 is 1. The fourth-order valence-corrected chi connectivity index (χ4v) is 4.60. The molecule has 1 heterocycles. The Morgan fingerprint density at radius 1 is 1.25 bits per heavy atom. The van der Waals surface area contributed by atoms with Crippen molar-refractivity contribution in [3.05, 3.63) is 65.0 Å². The van der Waals surface area contributed by atoms with E-state index in [-0.39, 0.29) is 16.3 Å². The van der Waals surface area contributed by atoms with Crippen molar-refractivity contribution >= 4 is 33.2 Å². The minimum atomic E-state index is -4.14. The lowest BCUT2D eigenvalue weighted by Gasteiger charge is -2.14. The zero-order valence-electron chi connectivity index (χ0n) is 14.9. The second-order valence-electron chi connectivity index (χ2n) is 5.62. The number of ether oxygens (including phenoxy) is 1. The molecule has 3 rings (SSSR count). The zero-order chi connectivity index (χ0) is 20.3. The van der Waals surface area contributed by atoms with Crippen molar-refractivity contribution in [3.63, 3.8) is 0 Å². The van der Waals surface area contributed by atoms with Gasteiger partial charge in [-0.05, 0) is 30.0 Å². The van der Waals surface area contributed by atoms with Gasteiger partial charge in [-0.1, -0.05) is 12.1 Å². The van der Waals surface area contributed by atoms with E-state index >= 15 is 0 Å². The number of hydrogen-bond acceptors (Lipinski definition) is 7. The maximum absolute atomic E-state index is 12.9. The molecule has 0 amide bonds. The van der Waals surface area contributed by atoms with Crippen LogP contribution >= 0.6 is 11.8 Å². The Balaban J connectivity index is 1.99. The van der Waals surface area contributed by atoms with Crippen LogP contribution in [0.25, 0.3) is 0 Å². The molecule has 0 aliphatic rings. The minimum absolute atomic E-state index is 0.00679. The largest absolute Gasteiger partial charge is 0.495 e. The quantitative estimate of drug-likeness (QED) is 0.460. The molecule has 0 saturated carbocycles. The molecule has 0 saturated heterocycles. The summed E-state index contributed by atoms with van der Waals surface area (Å²) in [7, 11) is -1.02. The van der Waals surface area contributed by atoms with Crippen molar-refractivity contribution in [1.82, 2.24) is 9.55 Å². The summed E-state index contributed by atoms with van der Waals surface area (Å²) in [6.07, 6.45) is 3.42. The van der Waals surface area contributed by atoms with Gasteiger partial charge in [0, 0.05) is 36.5 Å². The first-order valence-electron chi connectivity index (χ1n) is 7.91. The maximum atomic E-state index is 12.9. The molecule has 0 fully saturated rings. The average Bonchev–Trinajstić information content (AvgIpc) is 3.07. The van der Waals surface area contributed by atoms with Crippen LogP contribution in [0.1, 0.15) is 0 Å². The van der Waals surface area contributed by atoms with E-state index in [4.69, 9.17) is 4.74 Å². The third kappa shape index (κ3) is 4.10. The van der Waals surface area contributed by atoms with E-state index in [1.54, 1.807) is 41.2 Å². The standard InChI is InChI=1S/C17H16N4O5S2/c1-20-10-9-18-17(20)27-15-6-4-3-5-13(15)19-28(24,25)16-11-12(21(22)23)7-8-14(16)26-2/h3-11,19H,1-2H3. The molecule has 3 aromatic rings. The van der Waals surface area contributed by atoms with Crippen LogP contribution in [0, 0.1) is 10.1 Å². The SMILES string of the molecule is COc1ccc([N+](=O)[O-])cc1S(=O)(=O)Nc1ccccc1Sc1nccn1C. The number of aromatic nitrogens is 2. The van der Waals surface area contributed by atoms with Crippen molar-refractivity contribution in [2.45, 2.75) is 14.9 Å². The van der Waals surface area contributed by atoms with Gasteiger partial charge < -0.3 is 9.30 Å². The van der Waals surface area contributed by atoms with E-state index in [0.29, 0.717) is 15.7 Å². The predicted molar refractivity (Wildman–Crippen MR) is 104 cm³/mol. The summed E-state index contributed by atoms with van der Waals surface area (Å²) in [4.78, 5) is 14.9. The van der Waals surface area contributed by atoms with Crippen molar-refractivity contribution < 1.29 is 18.1 Å². The lowest BCUT2D eigenvalue weighted by atomic mass is 10.3. The van der Waals surface area contributed by atoms with Crippen molar-refractivity contribution in [2.75, 3.05) is 11.8 Å². The number of sulfonamides is 1. The first-order valence-corrected chi connectivity index (χ1v) is 10.2. The number of non-ortho nitro benzene ring substituents is 1. The number of hydrogen-bond donors (Lipinski definition) is 1. The second kappa shape index (κ2) is 7.90. The molecule has 1 N–H and O–H groups in total. The van der Waals surface area contributed by atoms with E-state index < -0.39 is 14.9 Å². The molecule has 2 aromatic carbocycles. The van der Waals surface area contributed by atoms with Crippen LogP contribution in [0.4, 0.5) is 11.4 Å². The van der Waals surface area contributed by atoms with Gasteiger partial charge in [-0.2, -0.15) is 0 Å². The van der Waals surface area contributed by atoms with E-state index in [0.717, 1.165) is 6.07 Å². The Kier molecular flexibility index (Phi) is 5.56. The van der Waals surface area contributed by atoms with Crippen molar-refractivity contribution in [1.29, 1.82) is 0 Å². The summed E-state index contributed by atoms with van der Waals surface area (Å²) in [6, 6.07) is 10.2. The Hall–Kier alpha value is -3.05. The Morgan fingerprint density at radius 2 is 2.00 bits per heavy atom. The van der Waals surface area contributed by atoms with Gasteiger partial charge >= 0.3 is 0 Å². The van der Waals surface area contributed by atoms with E-state index in [1.165, 1.54) is 31.0 Å². The number of nitrogens with zero attached hydrogens (tertiary/aromatic N) is 3. The number of rotatable bonds is 7. The topological polar surface area (TPSA) is 116 Å². The molecular weight excluding hydrogens is 404 g/mol. The van der Waals surface area contributed by atoms with Gasteiger partial charge in [-0.3, -0.25) is 14.8 Å². The van der Waals surface area contributed by atoms with Crippen LogP contribution in [0.5, 0.6) is 5.75 Å². The zero-order valence-corrected chi connectivity index (χ0v) is 16.5. The first-order chi connectivity index (χ1) is 13.3. The molecule has 0 radical (unpaired) electrons. The van der Waals surface area contributed by atoms with Crippen LogP contribution in [0.2, 0.25) is 0 Å². The van der Waals surface area contributed by atoms with Gasteiger partial charge in [0.05, 0.1) is 17.7 Å². The number of anilines is 1. The maximum Gasteiger partial charge on any atom is 0.271 e. The molecule has 0 aliphatic heterocycles. The Bertz CT molecular complexity index is 1130. The molecule has 0 bridgehead atoms. The molecular formula is C17H16N4O5S2. The van der Waals surface area contributed by atoms with Crippen LogP contribution in [0.3, 0.4) is 0 Å². The molecule has 28 heavy (non-hydrogen) atoms. The van der Waals surface area contributed by atoms with Gasteiger partial charge in [0.15, 0.2) is 5.16 Å². The molecule has 146 valence electrons. The van der Waals surface area contributed by atoms with Crippen LogP contribution < -0.4 is 9.46 Å². The average molecular weight is 420 g/mol. The highest BCUT2D eigenvalue weighted by atomic mass is 32.2. The Morgan fingerprint density at radius 3 is 2.64 bits per heavy atom. The number of nitro benzene ring substituents is 1. The van der Waals surface area contributed by atoms with Gasteiger partial charge in [0.1, 0.15) is 10.6 Å². The highest BCUT2D eigenvalue weighted by Crippen LogP contribution is 2.35. The molecule has 1 aromatic heterocycles. The summed E-state index contributed by atoms with van der Waals surface area (Å²) in [5.74, 6) is 0.00679. The van der Waals surface area contributed by atoms with Gasteiger partial charge in [0.25, 0.3) is 15.7 Å². The molecule has 0 spiro atoms. The first kappa shape index (κ1) is 19.7. The van der Waals surface area contributed by atoms with E-state index in [2.05, 4.69) is 9.71 Å². The smallest absolute Gasteiger partial charge is 0.271 e. The van der Waals surface area contributed by atoms with Crippen molar-refractivity contribution in [3.8, 4) is 5.75 Å². The number of nitro groups is 1. The lowest BCUT2D eigenvalue weighted by molar-refractivity contribution is -0.385. The van der Waals surface area contributed by atoms with Crippen LogP contribution in [-0.4, -0.2) is 30.0 Å². The van der Waals surface area contributed by atoms with E-state index in [1.807, 2.05) is 7.05 Å². The van der Waals surface area contributed by atoms with Gasteiger partial charge in [-0.15, -0.1) is 0 Å².